The van der Waals surface area contributed by atoms with Crippen LogP contribution in [-0.2, 0) is 4.79 Å². The maximum atomic E-state index is 12.2. The first kappa shape index (κ1) is 18.1. The van der Waals surface area contributed by atoms with Gasteiger partial charge in [-0.05, 0) is 30.2 Å². The highest BCUT2D eigenvalue weighted by Gasteiger charge is 2.18. The first-order chi connectivity index (χ1) is 11.1. The number of carbonyl (C=O) groups excluding carboxylic acids is 1. The lowest BCUT2D eigenvalue weighted by Gasteiger charge is -2.17. The van der Waals surface area contributed by atoms with Crippen LogP contribution in [0.15, 0.2) is 48.5 Å². The first-order valence-corrected chi connectivity index (χ1v) is 7.63. The normalized spacial score (nSPS) is 14.4. The summed E-state index contributed by atoms with van der Waals surface area (Å²) in [5.41, 5.74) is 8.01. The second-order valence-corrected chi connectivity index (χ2v) is 5.62. The van der Waals surface area contributed by atoms with E-state index in [9.17, 15) is 4.79 Å². The van der Waals surface area contributed by atoms with Crippen molar-refractivity contribution in [1.29, 1.82) is 0 Å². The van der Waals surface area contributed by atoms with Gasteiger partial charge in [0.2, 0.25) is 12.7 Å². The lowest BCUT2D eigenvalue weighted by atomic mass is 10.0. The summed E-state index contributed by atoms with van der Waals surface area (Å²) < 4.78 is 10.7. The summed E-state index contributed by atoms with van der Waals surface area (Å²) in [6.45, 7) is 2.18. The van der Waals surface area contributed by atoms with Crippen molar-refractivity contribution in [2.45, 2.75) is 25.4 Å². The number of ether oxygens (including phenoxy) is 2. The number of nitrogens with one attached hydrogen (secondary N) is 1. The van der Waals surface area contributed by atoms with Crippen molar-refractivity contribution in [3.05, 3.63) is 59.7 Å². The van der Waals surface area contributed by atoms with E-state index >= 15 is 0 Å². The number of hydrogen-bond donors (Lipinski definition) is 2. The van der Waals surface area contributed by atoms with Gasteiger partial charge in [-0.1, -0.05) is 36.4 Å². The van der Waals surface area contributed by atoms with Gasteiger partial charge in [0.25, 0.3) is 0 Å². The molecule has 0 fully saturated rings. The summed E-state index contributed by atoms with van der Waals surface area (Å²) in [4.78, 5) is 12.2. The van der Waals surface area contributed by atoms with Crippen LogP contribution in [0.4, 0.5) is 0 Å². The number of hydrogen-bond acceptors (Lipinski definition) is 4. The zero-order valence-electron chi connectivity index (χ0n) is 13.4. The molecule has 2 atom stereocenters. The molecule has 0 bridgehead atoms. The summed E-state index contributed by atoms with van der Waals surface area (Å²) in [6.07, 6.45) is 0.249. The molecule has 0 aliphatic carbocycles. The first-order valence-electron chi connectivity index (χ1n) is 7.63. The van der Waals surface area contributed by atoms with E-state index < -0.39 is 0 Å². The molecule has 2 aromatic rings. The Kier molecular flexibility index (Phi) is 6.06. The van der Waals surface area contributed by atoms with E-state index in [0.29, 0.717) is 5.75 Å². The molecule has 3 rings (SSSR count). The van der Waals surface area contributed by atoms with Crippen LogP contribution in [-0.4, -0.2) is 12.7 Å². The third-order valence-corrected chi connectivity index (χ3v) is 3.91. The Hall–Kier alpha value is -2.24. The minimum atomic E-state index is -0.305. The van der Waals surface area contributed by atoms with Gasteiger partial charge in [-0.15, -0.1) is 12.4 Å². The lowest BCUT2D eigenvalue weighted by Crippen LogP contribution is -2.29. The zero-order valence-corrected chi connectivity index (χ0v) is 14.2. The molecule has 1 heterocycles. The Morgan fingerprint density at radius 1 is 1.12 bits per heavy atom. The van der Waals surface area contributed by atoms with E-state index in [1.54, 1.807) is 0 Å². The average molecular weight is 349 g/mol. The average Bonchev–Trinajstić information content (AvgIpc) is 3.03. The fourth-order valence-electron chi connectivity index (χ4n) is 2.58. The molecule has 0 aromatic heterocycles. The highest BCUT2D eigenvalue weighted by Crippen LogP contribution is 2.34. The van der Waals surface area contributed by atoms with Gasteiger partial charge in [0.15, 0.2) is 11.5 Å². The van der Waals surface area contributed by atoms with Crippen molar-refractivity contribution in [3.63, 3.8) is 0 Å². The standard InChI is InChI=1S/C18H20N2O3.ClH/c1-12(14-7-8-16-17(9-14)23-11-22-16)20-18(21)10-15(19)13-5-3-2-4-6-13;/h2-9,12,15H,10-11,19H2,1H3,(H,20,21);1H. The van der Waals surface area contributed by atoms with Crippen molar-refractivity contribution < 1.29 is 14.3 Å². The quantitative estimate of drug-likeness (QED) is 0.870. The van der Waals surface area contributed by atoms with Crippen LogP contribution in [0.25, 0.3) is 0 Å². The molecular weight excluding hydrogens is 328 g/mol. The zero-order chi connectivity index (χ0) is 16.2. The summed E-state index contributed by atoms with van der Waals surface area (Å²) in [7, 11) is 0. The van der Waals surface area contributed by atoms with Crippen LogP contribution in [0, 0.1) is 0 Å². The molecule has 5 nitrogen and oxygen atoms in total. The third kappa shape index (κ3) is 4.19. The van der Waals surface area contributed by atoms with Gasteiger partial charge in [-0.3, -0.25) is 4.79 Å². The number of rotatable bonds is 5. The molecule has 3 N–H and O–H groups in total. The maximum absolute atomic E-state index is 12.2. The number of nitrogens with two attached hydrogens (primary N) is 1. The summed E-state index contributed by atoms with van der Waals surface area (Å²) >= 11 is 0. The van der Waals surface area contributed by atoms with Crippen LogP contribution in [0.1, 0.15) is 36.6 Å². The van der Waals surface area contributed by atoms with Crippen molar-refractivity contribution in [3.8, 4) is 11.5 Å². The molecule has 2 unspecified atom stereocenters. The van der Waals surface area contributed by atoms with Crippen LogP contribution >= 0.6 is 12.4 Å². The van der Waals surface area contributed by atoms with Crippen molar-refractivity contribution >= 4 is 18.3 Å². The summed E-state index contributed by atoms with van der Waals surface area (Å²) in [5, 5.41) is 2.97. The van der Waals surface area contributed by atoms with Crippen LogP contribution < -0.4 is 20.5 Å². The SMILES string of the molecule is CC(NC(=O)CC(N)c1ccccc1)c1ccc2c(c1)OCO2.Cl. The Bertz CT molecular complexity index is 694. The second kappa shape index (κ2) is 8.04. The molecular formula is C18H21ClN2O3. The van der Waals surface area contributed by atoms with E-state index in [2.05, 4.69) is 5.32 Å². The van der Waals surface area contributed by atoms with Gasteiger partial charge in [-0.25, -0.2) is 0 Å². The summed E-state index contributed by atoms with van der Waals surface area (Å²) in [6, 6.07) is 14.9. The Labute approximate surface area is 147 Å². The maximum Gasteiger partial charge on any atom is 0.231 e. The third-order valence-electron chi connectivity index (χ3n) is 3.91. The van der Waals surface area contributed by atoms with Gasteiger partial charge in [0.05, 0.1) is 6.04 Å². The number of carbonyl (C=O) groups is 1. The fourth-order valence-corrected chi connectivity index (χ4v) is 2.58. The highest BCUT2D eigenvalue weighted by atomic mass is 35.5. The predicted molar refractivity (Wildman–Crippen MR) is 94.4 cm³/mol. The molecule has 128 valence electrons. The molecule has 2 aromatic carbocycles. The topological polar surface area (TPSA) is 73.6 Å². The molecule has 0 radical (unpaired) electrons. The second-order valence-electron chi connectivity index (χ2n) is 5.62. The molecule has 6 heteroatoms. The number of amides is 1. The Morgan fingerprint density at radius 2 is 1.83 bits per heavy atom. The van der Waals surface area contributed by atoms with Crippen LogP contribution in [0.3, 0.4) is 0 Å². The molecule has 0 spiro atoms. The number of halogens is 1. The van der Waals surface area contributed by atoms with Gasteiger partial charge in [0.1, 0.15) is 0 Å². The molecule has 1 amide bonds. The van der Waals surface area contributed by atoms with Crippen LogP contribution in [0.2, 0.25) is 0 Å². The molecule has 24 heavy (non-hydrogen) atoms. The van der Waals surface area contributed by atoms with Crippen molar-refractivity contribution in [2.24, 2.45) is 5.73 Å². The largest absolute Gasteiger partial charge is 0.454 e. The van der Waals surface area contributed by atoms with Crippen molar-refractivity contribution in [2.75, 3.05) is 6.79 Å². The molecule has 1 aliphatic heterocycles. The smallest absolute Gasteiger partial charge is 0.231 e. The number of benzene rings is 2. The van der Waals surface area contributed by atoms with E-state index in [4.69, 9.17) is 15.2 Å². The minimum absolute atomic E-state index is 0. The Morgan fingerprint density at radius 3 is 2.58 bits per heavy atom. The van der Waals surface area contributed by atoms with Gasteiger partial charge >= 0.3 is 0 Å². The van der Waals surface area contributed by atoms with Gasteiger partial charge < -0.3 is 20.5 Å². The van der Waals surface area contributed by atoms with E-state index in [1.807, 2.05) is 55.5 Å². The molecule has 0 saturated heterocycles. The lowest BCUT2D eigenvalue weighted by molar-refractivity contribution is -0.122. The number of fused-ring (bicyclic) bond motifs is 1. The predicted octanol–water partition coefficient (Wildman–Crippen LogP) is 3.10. The van der Waals surface area contributed by atoms with Crippen LogP contribution in [0.5, 0.6) is 11.5 Å². The minimum Gasteiger partial charge on any atom is -0.454 e. The van der Waals surface area contributed by atoms with E-state index in [-0.39, 0.29) is 43.6 Å². The highest BCUT2D eigenvalue weighted by molar-refractivity contribution is 5.85. The molecule has 1 aliphatic rings. The monoisotopic (exact) mass is 348 g/mol. The Balaban J connectivity index is 0.00000208. The van der Waals surface area contributed by atoms with E-state index in [1.165, 1.54) is 0 Å². The van der Waals surface area contributed by atoms with E-state index in [0.717, 1.165) is 16.9 Å². The van der Waals surface area contributed by atoms with Gasteiger partial charge in [0, 0.05) is 12.5 Å². The molecule has 0 saturated carbocycles. The van der Waals surface area contributed by atoms with Crippen molar-refractivity contribution in [1.82, 2.24) is 5.32 Å². The fraction of sp³-hybridized carbons (Fsp3) is 0.278. The van der Waals surface area contributed by atoms with Gasteiger partial charge in [-0.2, -0.15) is 0 Å². The summed E-state index contributed by atoms with van der Waals surface area (Å²) in [5.74, 6) is 1.37.